The van der Waals surface area contributed by atoms with Crippen LogP contribution in [0.5, 0.6) is 0 Å². The molecule has 6 aromatic carbocycles. The molecule has 0 amide bonds. The molecule has 0 unspecified atom stereocenters. The third-order valence-corrected chi connectivity index (χ3v) is 9.94. The first kappa shape index (κ1) is 48.2. The van der Waals surface area contributed by atoms with E-state index >= 15 is 35.1 Å². The van der Waals surface area contributed by atoms with Crippen LogP contribution in [0.2, 0.25) is 0 Å². The number of rotatable bonds is 8. The number of hydrogen-bond donors (Lipinski definition) is 0. The van der Waals surface area contributed by atoms with Crippen LogP contribution in [-0.4, -0.2) is 16.9 Å². The van der Waals surface area contributed by atoms with Gasteiger partial charge in [-0.2, -0.15) is 4.57 Å². The van der Waals surface area contributed by atoms with Crippen molar-refractivity contribution >= 4 is 33.8 Å². The van der Waals surface area contributed by atoms with Crippen LogP contribution >= 0.6 is 0 Å². The number of halogens is 20. The SMILES string of the molecule is Fc1c(F)c(F)c([B-](c2c(F)c(F)c(F)c(F)c2F)(c2c(F)c(F)c(F)c(F)c2F)c2c(F)c(F)c(F)c(F)c2F)c(F)c1F.O=C(c1ccccc1)c1c[n+](Cc2ccccc2)ccn1. The lowest BCUT2D eigenvalue weighted by molar-refractivity contribution is -0.689. The molecule has 0 spiro atoms. The van der Waals surface area contributed by atoms with Gasteiger partial charge < -0.3 is 0 Å². The van der Waals surface area contributed by atoms with Crippen molar-refractivity contribution in [3.05, 3.63) is 212 Å². The summed E-state index contributed by atoms with van der Waals surface area (Å²) in [6.45, 7) is 0.721. The zero-order chi connectivity index (χ0) is 48.8. The quantitative estimate of drug-likeness (QED) is 0.0383. The summed E-state index contributed by atoms with van der Waals surface area (Å²) in [7, 11) is 0. The zero-order valence-electron chi connectivity index (χ0n) is 31.7. The molecule has 7 aromatic rings. The second-order valence-electron chi connectivity index (χ2n) is 13.6. The van der Waals surface area contributed by atoms with Gasteiger partial charge in [-0.3, -0.25) is 4.79 Å². The van der Waals surface area contributed by atoms with Crippen LogP contribution in [0.25, 0.3) is 0 Å². The van der Waals surface area contributed by atoms with Crippen molar-refractivity contribution < 1.29 is 97.2 Å². The summed E-state index contributed by atoms with van der Waals surface area (Å²) in [5.41, 5.74) is -12.0. The fourth-order valence-corrected chi connectivity index (χ4v) is 7.05. The average Bonchev–Trinajstić information content (AvgIpc) is 3.32. The van der Waals surface area contributed by atoms with Crippen LogP contribution in [0.3, 0.4) is 0 Å². The molecule has 0 saturated heterocycles. The Morgan fingerprint density at radius 3 is 0.970 bits per heavy atom. The number of benzene rings is 6. The maximum absolute atomic E-state index is 15.4. The molecule has 66 heavy (non-hydrogen) atoms. The molecule has 0 N–H and O–H groups in total. The van der Waals surface area contributed by atoms with Crippen molar-refractivity contribution in [1.29, 1.82) is 0 Å². The number of aromatic nitrogens is 2. The predicted octanol–water partition coefficient (Wildman–Crippen LogP) is 8.49. The van der Waals surface area contributed by atoms with E-state index in [4.69, 9.17) is 0 Å². The lowest BCUT2D eigenvalue weighted by Gasteiger charge is -2.44. The van der Waals surface area contributed by atoms with Crippen molar-refractivity contribution in [3.8, 4) is 0 Å². The van der Waals surface area contributed by atoms with Gasteiger partial charge in [-0.15, -0.1) is 21.9 Å². The summed E-state index contributed by atoms with van der Waals surface area (Å²) in [6.07, 6.45) is -1.89. The average molecular weight is 954 g/mol. The minimum absolute atomic E-state index is 0.0574. The number of ketones is 1. The molecule has 1 aromatic heterocycles. The number of carbonyl (C=O) groups excluding carboxylic acids is 1. The van der Waals surface area contributed by atoms with Gasteiger partial charge in [0.05, 0.1) is 6.20 Å². The molecule has 0 bridgehead atoms. The van der Waals surface area contributed by atoms with Crippen molar-refractivity contribution in [1.82, 2.24) is 4.98 Å². The summed E-state index contributed by atoms with van der Waals surface area (Å²) < 4.78 is 296. The van der Waals surface area contributed by atoms with E-state index in [1.54, 1.807) is 24.5 Å². The molecule has 0 fully saturated rings. The third-order valence-electron chi connectivity index (χ3n) is 9.94. The number of nitrogens with zero attached hydrogens (tertiary/aromatic N) is 2. The lowest BCUT2D eigenvalue weighted by Crippen LogP contribution is -2.81. The van der Waals surface area contributed by atoms with Gasteiger partial charge in [-0.1, -0.05) is 60.7 Å². The summed E-state index contributed by atoms with van der Waals surface area (Å²) in [5.74, 6) is -71.5. The highest BCUT2D eigenvalue weighted by molar-refractivity contribution is 7.20. The van der Waals surface area contributed by atoms with Crippen LogP contribution in [0.1, 0.15) is 21.6 Å². The van der Waals surface area contributed by atoms with Gasteiger partial charge in [-0.05, 0) is 0 Å². The second kappa shape index (κ2) is 18.3. The molecule has 1 heterocycles. The van der Waals surface area contributed by atoms with E-state index in [-0.39, 0.29) is 5.78 Å². The smallest absolute Gasteiger partial charge is 0.217 e. The second-order valence-corrected chi connectivity index (χ2v) is 13.6. The van der Waals surface area contributed by atoms with E-state index in [0.29, 0.717) is 11.3 Å². The van der Waals surface area contributed by atoms with Gasteiger partial charge in [-0.25, -0.2) is 92.8 Å². The monoisotopic (exact) mass is 954 g/mol. The van der Waals surface area contributed by atoms with Crippen LogP contribution in [0.15, 0.2) is 79.3 Å². The Bertz CT molecular complexity index is 2700. The Morgan fingerprint density at radius 1 is 0.394 bits per heavy atom. The van der Waals surface area contributed by atoms with Gasteiger partial charge in [0.1, 0.15) is 52.7 Å². The Kier molecular flexibility index (Phi) is 13.4. The molecule has 342 valence electrons. The van der Waals surface area contributed by atoms with E-state index in [9.17, 15) is 57.5 Å². The molecular weight excluding hydrogens is 939 g/mol. The Hall–Kier alpha value is -7.27. The van der Waals surface area contributed by atoms with E-state index in [0.717, 1.165) is 6.54 Å². The fourth-order valence-electron chi connectivity index (χ4n) is 7.05. The van der Waals surface area contributed by atoms with E-state index in [1.165, 1.54) is 5.56 Å². The summed E-state index contributed by atoms with van der Waals surface area (Å²) >= 11 is 0. The van der Waals surface area contributed by atoms with Gasteiger partial charge in [0.25, 0.3) is 0 Å². The van der Waals surface area contributed by atoms with Crippen LogP contribution < -0.4 is 26.4 Å². The first-order chi connectivity index (χ1) is 31.0. The number of carbonyl (C=O) groups is 1. The van der Waals surface area contributed by atoms with E-state index < -0.39 is 144 Å². The predicted molar refractivity (Wildman–Crippen MR) is 189 cm³/mol. The van der Waals surface area contributed by atoms with Gasteiger partial charge in [0.15, 0.2) is 94.4 Å². The maximum Gasteiger partial charge on any atom is 0.217 e. The standard InChI is InChI=1S/C24BF20.C18H15N2O/c26-5-1(6(27)14(35)21(42)13(5)34)25(2-7(28)15(36)22(43)16(37)8(2)29,3-9(30)17(38)23(44)18(39)10(3)31)4-11(32)19(40)24(45)20(41)12(4)33;21-18(16-9-5-2-6-10-16)17-14-20(12-11-19-17)13-15-7-3-1-4-8-15/h;1-12,14H,13H2/q-1;+1. The molecule has 3 nitrogen and oxygen atoms in total. The summed E-state index contributed by atoms with van der Waals surface area (Å²) in [6, 6.07) is 19.3. The topological polar surface area (TPSA) is 33.8 Å². The molecule has 0 aliphatic heterocycles. The molecule has 24 heteroatoms. The van der Waals surface area contributed by atoms with Gasteiger partial charge >= 0.3 is 0 Å². The summed E-state index contributed by atoms with van der Waals surface area (Å²) in [4.78, 5) is 16.6. The molecule has 7 rings (SSSR count). The van der Waals surface area contributed by atoms with Crippen LogP contribution in [0.4, 0.5) is 87.8 Å². The highest BCUT2D eigenvalue weighted by Gasteiger charge is 2.52. The van der Waals surface area contributed by atoms with E-state index in [1.807, 2.05) is 47.2 Å². The van der Waals surface area contributed by atoms with Crippen LogP contribution in [-0.2, 0) is 6.54 Å². The fraction of sp³-hybridized carbons (Fsp3) is 0.0238. The minimum Gasteiger partial charge on any atom is -0.287 e. The zero-order valence-corrected chi connectivity index (χ0v) is 31.7. The molecule has 0 saturated carbocycles. The third kappa shape index (κ3) is 7.76. The van der Waals surface area contributed by atoms with Gasteiger partial charge in [0.2, 0.25) is 5.78 Å². The largest absolute Gasteiger partial charge is 0.287 e. The molecule has 0 aliphatic rings. The summed E-state index contributed by atoms with van der Waals surface area (Å²) in [5, 5.41) is 0. The Morgan fingerprint density at radius 2 is 0.667 bits per heavy atom. The van der Waals surface area contributed by atoms with Crippen molar-refractivity contribution in [3.63, 3.8) is 0 Å². The maximum atomic E-state index is 15.4. The molecule has 0 atom stereocenters. The minimum atomic E-state index is -7.22. The van der Waals surface area contributed by atoms with Crippen molar-refractivity contribution in [2.45, 2.75) is 6.54 Å². The van der Waals surface area contributed by atoms with Crippen LogP contribution in [0, 0.1) is 116 Å². The van der Waals surface area contributed by atoms with Crippen molar-refractivity contribution in [2.75, 3.05) is 0 Å². The first-order valence-corrected chi connectivity index (χ1v) is 17.7. The van der Waals surface area contributed by atoms with Crippen molar-refractivity contribution in [2.24, 2.45) is 0 Å². The van der Waals surface area contributed by atoms with E-state index in [2.05, 4.69) is 17.1 Å². The molecular formula is C42H15BF20N2O. The highest BCUT2D eigenvalue weighted by Crippen LogP contribution is 2.31. The van der Waals surface area contributed by atoms with Gasteiger partial charge in [0, 0.05) is 11.1 Å². The molecule has 0 radical (unpaired) electrons. The lowest BCUT2D eigenvalue weighted by atomic mass is 9.12. The number of hydrogen-bond acceptors (Lipinski definition) is 2. The Labute approximate surface area is 354 Å². The normalized spacial score (nSPS) is 11.5. The Balaban J connectivity index is 0.000000284. The highest BCUT2D eigenvalue weighted by atomic mass is 19.2. The first-order valence-electron chi connectivity index (χ1n) is 17.7. The molecule has 0 aliphatic carbocycles.